The minimum absolute atomic E-state index is 0.000525. The van der Waals surface area contributed by atoms with Gasteiger partial charge >= 0.3 is 5.97 Å². The Kier molecular flexibility index (Phi) is 7.65. The molecule has 2 aliphatic rings. The van der Waals surface area contributed by atoms with Gasteiger partial charge in [-0.25, -0.2) is 4.79 Å². The Morgan fingerprint density at radius 3 is 2.12 bits per heavy atom. The topological polar surface area (TPSA) is 60.9 Å². The first-order chi connectivity index (χ1) is 19.9. The van der Waals surface area contributed by atoms with E-state index in [-0.39, 0.29) is 30.1 Å². The molecule has 0 saturated heterocycles. The molecule has 0 aromatic heterocycles. The van der Waals surface area contributed by atoms with Crippen molar-refractivity contribution >= 4 is 23.5 Å². The quantitative estimate of drug-likeness (QED) is 0.276. The summed E-state index contributed by atoms with van der Waals surface area (Å²) in [4.78, 5) is 30.9. The third-order valence-electron chi connectivity index (χ3n) is 8.72. The molecular formula is C35H33ClN2O3. The second kappa shape index (κ2) is 11.5. The summed E-state index contributed by atoms with van der Waals surface area (Å²) in [5, 5.41) is 10.6. The van der Waals surface area contributed by atoms with E-state index >= 15 is 0 Å². The van der Waals surface area contributed by atoms with Crippen LogP contribution in [0.1, 0.15) is 56.7 Å². The molecular weight excluding hydrogens is 532 g/mol. The number of fused-ring (bicyclic) bond motifs is 2. The third-order valence-corrected chi connectivity index (χ3v) is 9.06. The summed E-state index contributed by atoms with van der Waals surface area (Å²) in [6.07, 6.45) is 2.34. The number of benzene rings is 4. The van der Waals surface area contributed by atoms with Crippen LogP contribution in [0.4, 0.5) is 0 Å². The molecule has 2 atom stereocenters. The highest BCUT2D eigenvalue weighted by molar-refractivity contribution is 6.31. The maximum Gasteiger partial charge on any atom is 0.336 e. The summed E-state index contributed by atoms with van der Waals surface area (Å²) < 4.78 is 0. The van der Waals surface area contributed by atoms with Crippen LogP contribution in [0.2, 0.25) is 5.02 Å². The van der Waals surface area contributed by atoms with Gasteiger partial charge in [0.05, 0.1) is 17.6 Å². The van der Waals surface area contributed by atoms with Crippen molar-refractivity contribution in [3.05, 3.63) is 141 Å². The first-order valence-corrected chi connectivity index (χ1v) is 14.6. The largest absolute Gasteiger partial charge is 0.478 e. The highest BCUT2D eigenvalue weighted by atomic mass is 35.5. The first-order valence-electron chi connectivity index (χ1n) is 14.2. The Labute approximate surface area is 246 Å². The number of carbonyl (C=O) groups excluding carboxylic acids is 1. The highest BCUT2D eigenvalue weighted by Gasteiger charge is 2.39. The Bertz CT molecular complexity index is 1580. The molecule has 1 heterocycles. The molecule has 4 aromatic rings. The van der Waals surface area contributed by atoms with Crippen molar-refractivity contribution in [2.45, 2.75) is 50.9 Å². The van der Waals surface area contributed by atoms with Gasteiger partial charge in [0.2, 0.25) is 5.91 Å². The van der Waals surface area contributed by atoms with E-state index in [1.807, 2.05) is 66.4 Å². The first kappa shape index (κ1) is 27.3. The van der Waals surface area contributed by atoms with Crippen molar-refractivity contribution in [3.63, 3.8) is 0 Å². The van der Waals surface area contributed by atoms with Crippen LogP contribution in [0.3, 0.4) is 0 Å². The van der Waals surface area contributed by atoms with Gasteiger partial charge in [-0.2, -0.15) is 0 Å². The van der Waals surface area contributed by atoms with Crippen LogP contribution < -0.4 is 0 Å². The zero-order valence-electron chi connectivity index (χ0n) is 23.0. The normalized spacial score (nSPS) is 17.5. The molecule has 1 amide bonds. The van der Waals surface area contributed by atoms with Crippen LogP contribution >= 0.6 is 11.6 Å². The standard InChI is InChI=1S/C35H33ClN2O3/c1-23(37-19-18-24-10-4-6-14-29(24)33(37)31-16-8-9-17-32(31)36)34(39)38(22-27-13-5-7-15-30(27)35(40)41)28-20-25-11-2-3-12-26(25)21-28/h2-17,23,28,33H,18-22H2,1H3,(H,40,41)/t23-,33+/m0/s1. The summed E-state index contributed by atoms with van der Waals surface area (Å²) >= 11 is 6.77. The molecule has 0 fully saturated rings. The fraction of sp³-hybridized carbons (Fsp3) is 0.257. The lowest BCUT2D eigenvalue weighted by Gasteiger charge is -2.43. The number of carboxylic acids is 1. The van der Waals surface area contributed by atoms with Crippen molar-refractivity contribution in [3.8, 4) is 0 Å². The molecule has 5 nitrogen and oxygen atoms in total. The summed E-state index contributed by atoms with van der Waals surface area (Å²) in [5.74, 6) is -0.985. The van der Waals surface area contributed by atoms with Crippen molar-refractivity contribution in [2.75, 3.05) is 6.54 Å². The number of halogens is 1. The molecule has 0 spiro atoms. The molecule has 6 heteroatoms. The zero-order chi connectivity index (χ0) is 28.5. The molecule has 1 aliphatic heterocycles. The smallest absolute Gasteiger partial charge is 0.336 e. The van der Waals surface area contributed by atoms with Gasteiger partial charge < -0.3 is 10.0 Å². The van der Waals surface area contributed by atoms with Gasteiger partial charge in [-0.15, -0.1) is 0 Å². The average Bonchev–Trinajstić information content (AvgIpc) is 3.43. The van der Waals surface area contributed by atoms with Crippen molar-refractivity contribution < 1.29 is 14.7 Å². The van der Waals surface area contributed by atoms with Gasteiger partial charge in [0.1, 0.15) is 0 Å². The summed E-state index contributed by atoms with van der Waals surface area (Å²) in [6, 6.07) is 30.9. The molecule has 6 rings (SSSR count). The highest BCUT2D eigenvalue weighted by Crippen LogP contribution is 2.40. The number of carboxylic acid groups (broad SMARTS) is 1. The van der Waals surface area contributed by atoms with Gasteiger partial charge in [0.25, 0.3) is 0 Å². The van der Waals surface area contributed by atoms with Gasteiger partial charge in [-0.05, 0) is 71.7 Å². The number of rotatable bonds is 7. The summed E-state index contributed by atoms with van der Waals surface area (Å²) in [5.41, 5.74) is 6.79. The lowest BCUT2D eigenvalue weighted by atomic mass is 9.87. The van der Waals surface area contributed by atoms with Crippen LogP contribution in [0, 0.1) is 0 Å². The molecule has 208 valence electrons. The maximum atomic E-state index is 14.6. The minimum Gasteiger partial charge on any atom is -0.478 e. The van der Waals surface area contributed by atoms with Crippen LogP contribution in [-0.2, 0) is 30.6 Å². The lowest BCUT2D eigenvalue weighted by Crippen LogP contribution is -2.53. The molecule has 0 unspecified atom stereocenters. The predicted octanol–water partition coefficient (Wildman–Crippen LogP) is 6.57. The van der Waals surface area contributed by atoms with E-state index < -0.39 is 12.0 Å². The van der Waals surface area contributed by atoms with Gasteiger partial charge in [0.15, 0.2) is 0 Å². The maximum absolute atomic E-state index is 14.6. The van der Waals surface area contributed by atoms with Crippen molar-refractivity contribution in [1.29, 1.82) is 0 Å². The van der Waals surface area contributed by atoms with Crippen LogP contribution in [0.25, 0.3) is 0 Å². The Balaban J connectivity index is 1.38. The second-order valence-corrected chi connectivity index (χ2v) is 11.5. The fourth-order valence-electron chi connectivity index (χ4n) is 6.62. The number of nitrogens with zero attached hydrogens (tertiary/aromatic N) is 2. The summed E-state index contributed by atoms with van der Waals surface area (Å²) in [7, 11) is 0. The Hall–Kier alpha value is -3.93. The van der Waals surface area contributed by atoms with E-state index in [1.54, 1.807) is 12.1 Å². The van der Waals surface area contributed by atoms with Crippen LogP contribution in [0.15, 0.2) is 97.1 Å². The molecule has 41 heavy (non-hydrogen) atoms. The number of aromatic carboxylic acids is 1. The number of hydrogen-bond donors (Lipinski definition) is 1. The third kappa shape index (κ3) is 5.28. The number of hydrogen-bond acceptors (Lipinski definition) is 3. The Morgan fingerprint density at radius 1 is 0.854 bits per heavy atom. The predicted molar refractivity (Wildman–Crippen MR) is 161 cm³/mol. The average molecular weight is 565 g/mol. The van der Waals surface area contributed by atoms with E-state index in [0.717, 1.165) is 24.8 Å². The van der Waals surface area contributed by atoms with Crippen LogP contribution in [0.5, 0.6) is 0 Å². The Morgan fingerprint density at radius 2 is 1.44 bits per heavy atom. The fourth-order valence-corrected chi connectivity index (χ4v) is 6.86. The molecule has 0 bridgehead atoms. The molecule has 0 saturated carbocycles. The van der Waals surface area contributed by atoms with Gasteiger partial charge in [-0.3, -0.25) is 9.69 Å². The minimum atomic E-state index is -0.984. The van der Waals surface area contributed by atoms with Gasteiger partial charge in [-0.1, -0.05) is 96.5 Å². The molecule has 1 N–H and O–H groups in total. The number of amides is 1. The molecule has 0 radical (unpaired) electrons. The van der Waals surface area contributed by atoms with E-state index in [1.165, 1.54) is 22.3 Å². The molecule has 4 aromatic carbocycles. The number of carbonyl (C=O) groups is 2. The van der Waals surface area contributed by atoms with E-state index in [4.69, 9.17) is 11.6 Å². The zero-order valence-corrected chi connectivity index (χ0v) is 23.8. The van der Waals surface area contributed by atoms with Crippen molar-refractivity contribution in [2.24, 2.45) is 0 Å². The SMILES string of the molecule is C[C@@H](C(=O)N(Cc1ccccc1C(=O)O)C1Cc2ccccc2C1)N1CCc2ccccc2[C@@H]1c1ccccc1Cl. The van der Waals surface area contributed by atoms with Gasteiger partial charge in [0, 0.05) is 24.2 Å². The van der Waals surface area contributed by atoms with E-state index in [0.29, 0.717) is 17.1 Å². The van der Waals surface area contributed by atoms with E-state index in [9.17, 15) is 14.7 Å². The lowest BCUT2D eigenvalue weighted by molar-refractivity contribution is -0.140. The summed E-state index contributed by atoms with van der Waals surface area (Å²) in [6.45, 7) is 2.94. The van der Waals surface area contributed by atoms with Crippen molar-refractivity contribution in [1.82, 2.24) is 9.80 Å². The molecule has 1 aliphatic carbocycles. The monoisotopic (exact) mass is 564 g/mol. The second-order valence-electron chi connectivity index (χ2n) is 11.0. The van der Waals surface area contributed by atoms with Crippen LogP contribution in [-0.4, -0.2) is 45.4 Å². The van der Waals surface area contributed by atoms with E-state index in [2.05, 4.69) is 35.2 Å².